The van der Waals surface area contributed by atoms with Gasteiger partial charge in [-0.25, -0.2) is 9.97 Å². The molecule has 110 valence electrons. The van der Waals surface area contributed by atoms with E-state index in [-0.39, 0.29) is 5.91 Å². The van der Waals surface area contributed by atoms with E-state index in [1.807, 2.05) is 6.92 Å². The van der Waals surface area contributed by atoms with E-state index in [0.717, 1.165) is 6.42 Å². The standard InChI is InChI=1S/C14H14Cl2N4O/c1-2-5-17-13(21)9-7-18-14(19-8-9)20-10-3-4-11(15)12(16)6-10/h3-4,6-8H,2,5H2,1H3,(H,17,21)(H,18,19,20). The molecule has 0 spiro atoms. The molecule has 0 atom stereocenters. The molecule has 0 aliphatic heterocycles. The fourth-order valence-corrected chi connectivity index (χ4v) is 1.85. The molecule has 1 aromatic carbocycles. The third-order valence-electron chi connectivity index (χ3n) is 2.63. The Morgan fingerprint density at radius 1 is 1.19 bits per heavy atom. The molecule has 0 bridgehead atoms. The number of halogens is 2. The molecule has 0 radical (unpaired) electrons. The third-order valence-corrected chi connectivity index (χ3v) is 3.36. The molecule has 0 aliphatic carbocycles. The molecule has 1 aromatic heterocycles. The molecule has 0 saturated carbocycles. The number of aromatic nitrogens is 2. The average molecular weight is 325 g/mol. The lowest BCUT2D eigenvalue weighted by Crippen LogP contribution is -2.24. The number of nitrogens with one attached hydrogen (secondary N) is 2. The van der Waals surface area contributed by atoms with Crippen molar-refractivity contribution in [1.82, 2.24) is 15.3 Å². The molecule has 2 aromatic rings. The topological polar surface area (TPSA) is 66.9 Å². The van der Waals surface area contributed by atoms with Crippen LogP contribution in [-0.4, -0.2) is 22.4 Å². The van der Waals surface area contributed by atoms with Gasteiger partial charge in [0.25, 0.3) is 5.91 Å². The van der Waals surface area contributed by atoms with Crippen molar-refractivity contribution in [2.45, 2.75) is 13.3 Å². The van der Waals surface area contributed by atoms with Crippen molar-refractivity contribution in [3.05, 3.63) is 46.2 Å². The van der Waals surface area contributed by atoms with Crippen LogP contribution in [0.4, 0.5) is 11.6 Å². The molecule has 0 unspecified atom stereocenters. The second kappa shape index (κ2) is 7.24. The van der Waals surface area contributed by atoms with E-state index in [2.05, 4.69) is 20.6 Å². The SMILES string of the molecule is CCCNC(=O)c1cnc(Nc2ccc(Cl)c(Cl)c2)nc1. The smallest absolute Gasteiger partial charge is 0.254 e. The van der Waals surface area contributed by atoms with Gasteiger partial charge >= 0.3 is 0 Å². The Hall–Kier alpha value is -1.85. The molecule has 7 heteroatoms. The number of carbonyl (C=O) groups excluding carboxylic acids is 1. The molecule has 21 heavy (non-hydrogen) atoms. The Bertz CT molecular complexity index is 631. The van der Waals surface area contributed by atoms with Crippen LogP contribution in [0.1, 0.15) is 23.7 Å². The van der Waals surface area contributed by atoms with Gasteiger partial charge in [0.15, 0.2) is 0 Å². The minimum absolute atomic E-state index is 0.182. The zero-order valence-corrected chi connectivity index (χ0v) is 12.9. The van der Waals surface area contributed by atoms with Gasteiger partial charge in [-0.15, -0.1) is 0 Å². The predicted octanol–water partition coefficient (Wildman–Crippen LogP) is 3.67. The van der Waals surface area contributed by atoms with Crippen molar-refractivity contribution < 1.29 is 4.79 Å². The van der Waals surface area contributed by atoms with E-state index in [0.29, 0.717) is 33.8 Å². The van der Waals surface area contributed by atoms with Crippen LogP contribution in [0.15, 0.2) is 30.6 Å². The molecular weight excluding hydrogens is 311 g/mol. The molecule has 2 N–H and O–H groups in total. The van der Waals surface area contributed by atoms with E-state index in [9.17, 15) is 4.79 Å². The summed E-state index contributed by atoms with van der Waals surface area (Å²) in [5.74, 6) is 0.193. The molecule has 1 heterocycles. The Labute approximate surface area is 132 Å². The van der Waals surface area contributed by atoms with Crippen molar-refractivity contribution in [3.8, 4) is 0 Å². The summed E-state index contributed by atoms with van der Waals surface area (Å²) in [5, 5.41) is 6.66. The number of amides is 1. The zero-order valence-electron chi connectivity index (χ0n) is 11.4. The number of benzene rings is 1. The third kappa shape index (κ3) is 4.31. The van der Waals surface area contributed by atoms with E-state index in [4.69, 9.17) is 23.2 Å². The Kier molecular flexibility index (Phi) is 5.36. The van der Waals surface area contributed by atoms with Gasteiger partial charge in [0.2, 0.25) is 5.95 Å². The monoisotopic (exact) mass is 324 g/mol. The first-order valence-corrected chi connectivity index (χ1v) is 7.18. The van der Waals surface area contributed by atoms with Gasteiger partial charge in [-0.3, -0.25) is 4.79 Å². The van der Waals surface area contributed by atoms with E-state index < -0.39 is 0 Å². The van der Waals surface area contributed by atoms with Crippen molar-refractivity contribution >= 4 is 40.7 Å². The molecule has 1 amide bonds. The minimum Gasteiger partial charge on any atom is -0.352 e. The summed E-state index contributed by atoms with van der Waals surface area (Å²) < 4.78 is 0. The lowest BCUT2D eigenvalue weighted by molar-refractivity contribution is 0.0953. The van der Waals surface area contributed by atoms with E-state index >= 15 is 0 Å². The fourth-order valence-electron chi connectivity index (χ4n) is 1.55. The van der Waals surface area contributed by atoms with Gasteiger partial charge in [0.1, 0.15) is 0 Å². The van der Waals surface area contributed by atoms with Crippen LogP contribution < -0.4 is 10.6 Å². The average Bonchev–Trinajstić information content (AvgIpc) is 2.49. The highest BCUT2D eigenvalue weighted by atomic mass is 35.5. The Morgan fingerprint density at radius 2 is 1.90 bits per heavy atom. The normalized spacial score (nSPS) is 10.2. The number of anilines is 2. The number of nitrogens with zero attached hydrogens (tertiary/aromatic N) is 2. The van der Waals surface area contributed by atoms with Gasteiger partial charge < -0.3 is 10.6 Å². The summed E-state index contributed by atoms with van der Waals surface area (Å²) >= 11 is 11.8. The number of carbonyl (C=O) groups is 1. The summed E-state index contributed by atoms with van der Waals surface area (Å²) in [6.45, 7) is 2.61. The van der Waals surface area contributed by atoms with Crippen LogP contribution in [0.2, 0.25) is 10.0 Å². The van der Waals surface area contributed by atoms with Crippen molar-refractivity contribution in [1.29, 1.82) is 0 Å². The summed E-state index contributed by atoms with van der Waals surface area (Å²) in [6.07, 6.45) is 3.82. The first-order chi connectivity index (χ1) is 10.1. The van der Waals surface area contributed by atoms with Crippen LogP contribution >= 0.6 is 23.2 Å². The zero-order chi connectivity index (χ0) is 15.2. The van der Waals surface area contributed by atoms with Gasteiger partial charge in [0, 0.05) is 24.6 Å². The molecule has 0 aliphatic rings. The fraction of sp³-hybridized carbons (Fsp3) is 0.214. The Balaban J connectivity index is 2.05. The van der Waals surface area contributed by atoms with Gasteiger partial charge in [-0.1, -0.05) is 30.1 Å². The maximum atomic E-state index is 11.7. The highest BCUT2D eigenvalue weighted by Gasteiger charge is 2.07. The first-order valence-electron chi connectivity index (χ1n) is 6.42. The molecule has 0 fully saturated rings. The van der Waals surface area contributed by atoms with Crippen LogP contribution in [0.3, 0.4) is 0 Å². The molecule has 5 nitrogen and oxygen atoms in total. The summed E-state index contributed by atoms with van der Waals surface area (Å²) in [7, 11) is 0. The largest absolute Gasteiger partial charge is 0.352 e. The second-order valence-electron chi connectivity index (χ2n) is 4.31. The van der Waals surface area contributed by atoms with Crippen LogP contribution in [0, 0.1) is 0 Å². The van der Waals surface area contributed by atoms with Crippen LogP contribution in [-0.2, 0) is 0 Å². The minimum atomic E-state index is -0.182. The quantitative estimate of drug-likeness (QED) is 0.880. The van der Waals surface area contributed by atoms with Gasteiger partial charge in [0.05, 0.1) is 15.6 Å². The molecule has 2 rings (SSSR count). The van der Waals surface area contributed by atoms with E-state index in [1.165, 1.54) is 12.4 Å². The predicted molar refractivity (Wildman–Crippen MR) is 84.4 cm³/mol. The van der Waals surface area contributed by atoms with Crippen molar-refractivity contribution in [2.24, 2.45) is 0 Å². The van der Waals surface area contributed by atoms with Crippen molar-refractivity contribution in [3.63, 3.8) is 0 Å². The first kappa shape index (κ1) is 15.5. The number of rotatable bonds is 5. The Morgan fingerprint density at radius 3 is 2.52 bits per heavy atom. The lowest BCUT2D eigenvalue weighted by Gasteiger charge is -2.07. The van der Waals surface area contributed by atoms with E-state index in [1.54, 1.807) is 18.2 Å². The second-order valence-corrected chi connectivity index (χ2v) is 5.12. The molecule has 0 saturated heterocycles. The van der Waals surface area contributed by atoms with Crippen LogP contribution in [0.25, 0.3) is 0 Å². The van der Waals surface area contributed by atoms with Gasteiger partial charge in [-0.05, 0) is 24.6 Å². The number of hydrogen-bond acceptors (Lipinski definition) is 4. The van der Waals surface area contributed by atoms with Crippen LogP contribution in [0.5, 0.6) is 0 Å². The highest BCUT2D eigenvalue weighted by molar-refractivity contribution is 6.42. The lowest BCUT2D eigenvalue weighted by atomic mass is 10.3. The number of hydrogen-bond donors (Lipinski definition) is 2. The maximum absolute atomic E-state index is 11.7. The van der Waals surface area contributed by atoms with Crippen molar-refractivity contribution in [2.75, 3.05) is 11.9 Å². The summed E-state index contributed by atoms with van der Waals surface area (Å²) in [6, 6.07) is 5.12. The molecular formula is C14H14Cl2N4O. The highest BCUT2D eigenvalue weighted by Crippen LogP contribution is 2.26. The maximum Gasteiger partial charge on any atom is 0.254 e. The van der Waals surface area contributed by atoms with Gasteiger partial charge in [-0.2, -0.15) is 0 Å². The summed E-state index contributed by atoms with van der Waals surface area (Å²) in [5.41, 5.74) is 1.13. The summed E-state index contributed by atoms with van der Waals surface area (Å²) in [4.78, 5) is 19.9.